The Bertz CT molecular complexity index is 613. The van der Waals surface area contributed by atoms with Crippen molar-refractivity contribution in [3.63, 3.8) is 0 Å². The number of benzene rings is 2. The lowest BCUT2D eigenvalue weighted by Crippen LogP contribution is -2.25. The molecule has 0 heterocycles. The first-order valence-corrected chi connectivity index (χ1v) is 12.3. The summed E-state index contributed by atoms with van der Waals surface area (Å²) in [7, 11) is 0. The van der Waals surface area contributed by atoms with Crippen LogP contribution in [-0.2, 0) is 13.1 Å². The van der Waals surface area contributed by atoms with Crippen LogP contribution in [0.5, 0.6) is 0 Å². The zero-order chi connectivity index (χ0) is 21.6. The Labute approximate surface area is 186 Å². The van der Waals surface area contributed by atoms with Crippen molar-refractivity contribution in [3.8, 4) is 11.1 Å². The van der Waals surface area contributed by atoms with Crippen LogP contribution in [0.4, 0.5) is 0 Å². The Morgan fingerprint density at radius 3 is 1.13 bits per heavy atom. The third-order valence-corrected chi connectivity index (χ3v) is 5.79. The van der Waals surface area contributed by atoms with E-state index in [0.717, 1.165) is 13.1 Å². The van der Waals surface area contributed by atoms with Crippen LogP contribution in [0.25, 0.3) is 11.1 Å². The Morgan fingerprint density at radius 2 is 0.833 bits per heavy atom. The van der Waals surface area contributed by atoms with Gasteiger partial charge in [0.15, 0.2) is 0 Å². The highest BCUT2D eigenvalue weighted by molar-refractivity contribution is 5.63. The van der Waals surface area contributed by atoms with Crippen molar-refractivity contribution >= 4 is 0 Å². The Hall–Kier alpha value is -1.64. The van der Waals surface area contributed by atoms with Gasteiger partial charge in [-0.2, -0.15) is 0 Å². The van der Waals surface area contributed by atoms with Gasteiger partial charge in [-0.3, -0.25) is 9.80 Å². The molecule has 0 unspecified atom stereocenters. The molecule has 2 aromatic rings. The minimum absolute atomic E-state index is 1.07. The molecule has 0 fully saturated rings. The van der Waals surface area contributed by atoms with Gasteiger partial charge in [-0.15, -0.1) is 0 Å². The summed E-state index contributed by atoms with van der Waals surface area (Å²) in [5.74, 6) is 0. The molecule has 0 saturated heterocycles. The molecule has 0 atom stereocenters. The lowest BCUT2D eigenvalue weighted by atomic mass is 10.0. The van der Waals surface area contributed by atoms with Crippen molar-refractivity contribution in [3.05, 3.63) is 59.7 Å². The third kappa shape index (κ3) is 8.62. The molecule has 0 aliphatic heterocycles. The first-order valence-electron chi connectivity index (χ1n) is 12.3. The van der Waals surface area contributed by atoms with E-state index in [1.165, 1.54) is 87.0 Å². The molecule has 0 radical (unpaired) electrons. The Balaban J connectivity index is 1.97. The van der Waals surface area contributed by atoms with Gasteiger partial charge in [-0.05, 0) is 74.1 Å². The van der Waals surface area contributed by atoms with Crippen molar-refractivity contribution < 1.29 is 0 Å². The fourth-order valence-corrected chi connectivity index (χ4v) is 4.06. The molecule has 0 N–H and O–H groups in total. The van der Waals surface area contributed by atoms with Gasteiger partial charge in [0.1, 0.15) is 0 Å². The molecule has 0 saturated carbocycles. The van der Waals surface area contributed by atoms with Gasteiger partial charge in [0, 0.05) is 13.1 Å². The van der Waals surface area contributed by atoms with E-state index in [1.54, 1.807) is 0 Å². The van der Waals surface area contributed by atoms with Gasteiger partial charge >= 0.3 is 0 Å². The van der Waals surface area contributed by atoms with E-state index in [4.69, 9.17) is 0 Å². The lowest BCUT2D eigenvalue weighted by molar-refractivity contribution is 0.261. The summed E-state index contributed by atoms with van der Waals surface area (Å²) < 4.78 is 0. The zero-order valence-electron chi connectivity index (χ0n) is 20.0. The number of rotatable bonds is 15. The second-order valence-electron chi connectivity index (χ2n) is 8.65. The molecule has 0 aliphatic carbocycles. The highest BCUT2D eigenvalue weighted by atomic mass is 15.1. The summed E-state index contributed by atoms with van der Waals surface area (Å²) in [6, 6.07) is 18.4. The highest BCUT2D eigenvalue weighted by Gasteiger charge is 2.07. The molecule has 0 amide bonds. The van der Waals surface area contributed by atoms with E-state index in [1.807, 2.05) is 0 Å². The largest absolute Gasteiger partial charge is 0.299 e. The minimum Gasteiger partial charge on any atom is -0.299 e. The van der Waals surface area contributed by atoms with Crippen molar-refractivity contribution in [1.82, 2.24) is 9.80 Å². The van der Waals surface area contributed by atoms with Gasteiger partial charge in [0.25, 0.3) is 0 Å². The number of hydrogen-bond acceptors (Lipinski definition) is 2. The van der Waals surface area contributed by atoms with Crippen LogP contribution in [0.15, 0.2) is 48.5 Å². The van der Waals surface area contributed by atoms with Crippen molar-refractivity contribution in [2.45, 2.75) is 79.3 Å². The van der Waals surface area contributed by atoms with E-state index in [2.05, 4.69) is 86.0 Å². The van der Waals surface area contributed by atoms with Crippen molar-refractivity contribution in [1.29, 1.82) is 0 Å². The number of hydrogen-bond donors (Lipinski definition) is 0. The van der Waals surface area contributed by atoms with Gasteiger partial charge in [-0.25, -0.2) is 0 Å². The topological polar surface area (TPSA) is 6.48 Å². The fraction of sp³-hybridized carbons (Fsp3) is 0.571. The van der Waals surface area contributed by atoms with Gasteiger partial charge < -0.3 is 0 Å². The van der Waals surface area contributed by atoms with Crippen molar-refractivity contribution in [2.24, 2.45) is 0 Å². The molecular weight excluding hydrogens is 364 g/mol. The molecule has 0 aliphatic rings. The van der Waals surface area contributed by atoms with Crippen LogP contribution in [-0.4, -0.2) is 36.0 Å². The molecule has 166 valence electrons. The van der Waals surface area contributed by atoms with Gasteiger partial charge in [0.2, 0.25) is 0 Å². The standard InChI is InChI=1S/C28H44N2/c1-5-9-21-29(19-7-3)23-25-11-15-27(16-12-25)28-17-13-26(14-18-28)24-30(20-8-4)22-10-6-2/h11-18H,5-10,19-24H2,1-4H3. The molecule has 2 rings (SSSR count). The molecule has 30 heavy (non-hydrogen) atoms. The number of unbranched alkanes of at least 4 members (excludes halogenated alkanes) is 2. The Morgan fingerprint density at radius 1 is 0.467 bits per heavy atom. The summed E-state index contributed by atoms with van der Waals surface area (Å²) in [6.45, 7) is 16.0. The monoisotopic (exact) mass is 408 g/mol. The van der Waals surface area contributed by atoms with Crippen LogP contribution >= 0.6 is 0 Å². The van der Waals surface area contributed by atoms with Crippen molar-refractivity contribution in [2.75, 3.05) is 26.2 Å². The second kappa shape index (κ2) is 14.4. The van der Waals surface area contributed by atoms with Crippen LogP contribution in [0.1, 0.15) is 77.3 Å². The SMILES string of the molecule is CCCCN(CCC)Cc1ccc(-c2ccc(CN(CCC)CCCC)cc2)cc1. The minimum atomic E-state index is 1.07. The van der Waals surface area contributed by atoms with Gasteiger partial charge in [-0.1, -0.05) is 89.1 Å². The predicted molar refractivity (Wildman–Crippen MR) is 133 cm³/mol. The molecular formula is C28H44N2. The first kappa shape index (κ1) is 24.6. The normalized spacial score (nSPS) is 11.5. The summed E-state index contributed by atoms with van der Waals surface area (Å²) in [4.78, 5) is 5.18. The second-order valence-corrected chi connectivity index (χ2v) is 8.65. The summed E-state index contributed by atoms with van der Waals surface area (Å²) in [5.41, 5.74) is 5.48. The summed E-state index contributed by atoms with van der Waals surface area (Å²) in [6.07, 6.45) is 7.57. The van der Waals surface area contributed by atoms with E-state index >= 15 is 0 Å². The van der Waals surface area contributed by atoms with E-state index in [-0.39, 0.29) is 0 Å². The maximum Gasteiger partial charge on any atom is 0.0233 e. The Kier molecular flexibility index (Phi) is 11.8. The zero-order valence-corrected chi connectivity index (χ0v) is 20.0. The van der Waals surface area contributed by atoms with Crippen LogP contribution in [0.3, 0.4) is 0 Å². The van der Waals surface area contributed by atoms with Crippen LogP contribution in [0, 0.1) is 0 Å². The van der Waals surface area contributed by atoms with Crippen LogP contribution < -0.4 is 0 Å². The van der Waals surface area contributed by atoms with E-state index < -0.39 is 0 Å². The quantitative estimate of drug-likeness (QED) is 0.303. The summed E-state index contributed by atoms with van der Waals surface area (Å²) >= 11 is 0. The average Bonchev–Trinajstić information content (AvgIpc) is 2.77. The maximum atomic E-state index is 2.59. The highest BCUT2D eigenvalue weighted by Crippen LogP contribution is 2.22. The van der Waals surface area contributed by atoms with Crippen LogP contribution in [0.2, 0.25) is 0 Å². The molecule has 2 heteroatoms. The molecule has 0 aromatic heterocycles. The third-order valence-electron chi connectivity index (χ3n) is 5.79. The maximum absolute atomic E-state index is 2.59. The fourth-order valence-electron chi connectivity index (χ4n) is 4.06. The lowest BCUT2D eigenvalue weighted by Gasteiger charge is -2.22. The average molecular weight is 409 g/mol. The van der Waals surface area contributed by atoms with Gasteiger partial charge in [0.05, 0.1) is 0 Å². The molecule has 0 bridgehead atoms. The molecule has 2 nitrogen and oxygen atoms in total. The molecule has 2 aromatic carbocycles. The van der Waals surface area contributed by atoms with E-state index in [9.17, 15) is 0 Å². The summed E-state index contributed by atoms with van der Waals surface area (Å²) in [5, 5.41) is 0. The predicted octanol–water partition coefficient (Wildman–Crippen LogP) is 7.38. The smallest absolute Gasteiger partial charge is 0.0233 e. The number of nitrogens with zero attached hydrogens (tertiary/aromatic N) is 2. The first-order chi connectivity index (χ1) is 14.7. The van der Waals surface area contributed by atoms with E-state index in [0.29, 0.717) is 0 Å². The molecule has 0 spiro atoms.